The van der Waals surface area contributed by atoms with Crippen LogP contribution in [0.25, 0.3) is 0 Å². The van der Waals surface area contributed by atoms with Crippen molar-refractivity contribution >= 4 is 23.0 Å². The number of methoxy groups -OCH3 is 1. The largest absolute Gasteiger partial charge is 0.497 e. The van der Waals surface area contributed by atoms with Gasteiger partial charge in [0.1, 0.15) is 17.3 Å². The predicted molar refractivity (Wildman–Crippen MR) is 95.9 cm³/mol. The lowest BCUT2D eigenvalue weighted by molar-refractivity contribution is 0.329. The topological polar surface area (TPSA) is 50.8 Å². The highest BCUT2D eigenvalue weighted by Gasteiger charge is 2.14. The van der Waals surface area contributed by atoms with Gasteiger partial charge in [0, 0.05) is 5.69 Å². The molecule has 0 radical (unpaired) electrons. The summed E-state index contributed by atoms with van der Waals surface area (Å²) in [4.78, 5) is 1.98. The number of benzene rings is 1. The summed E-state index contributed by atoms with van der Waals surface area (Å²) in [5, 5.41) is 3.83. The molecule has 0 atom stereocenters. The highest BCUT2D eigenvalue weighted by molar-refractivity contribution is 7.80. The molecule has 1 aromatic carbocycles. The summed E-state index contributed by atoms with van der Waals surface area (Å²) in [5.41, 5.74) is 0.893. The van der Waals surface area contributed by atoms with E-state index in [1.165, 1.54) is 0 Å². The van der Waals surface area contributed by atoms with E-state index in [0.717, 1.165) is 23.0 Å². The Balaban J connectivity index is 1.71. The summed E-state index contributed by atoms with van der Waals surface area (Å²) < 4.78 is 16.0. The van der Waals surface area contributed by atoms with Crippen molar-refractivity contribution in [2.75, 3.05) is 12.4 Å². The molecule has 0 aliphatic heterocycles. The minimum absolute atomic E-state index is 0.551. The van der Waals surface area contributed by atoms with E-state index in [9.17, 15) is 0 Å². The standard InChI is InChI=1S/C18H18N2O3S/c1-21-15-8-6-14(7-9-15)19-18(24)20(12-16-4-2-10-22-16)13-17-5-3-11-23-17/h2-11H,12-13H2,1H3,(H,19,24). The zero-order valence-electron chi connectivity index (χ0n) is 13.3. The smallest absolute Gasteiger partial charge is 0.174 e. The molecule has 3 aromatic rings. The molecule has 0 aliphatic carbocycles. The lowest BCUT2D eigenvalue weighted by Gasteiger charge is -2.24. The Bertz CT molecular complexity index is 716. The second-order valence-corrected chi connectivity index (χ2v) is 5.56. The Morgan fingerprint density at radius 2 is 1.58 bits per heavy atom. The number of nitrogens with one attached hydrogen (secondary N) is 1. The number of thiocarbonyl (C=S) groups is 1. The van der Waals surface area contributed by atoms with E-state index in [2.05, 4.69) is 5.32 Å². The maximum atomic E-state index is 5.57. The van der Waals surface area contributed by atoms with Gasteiger partial charge in [-0.3, -0.25) is 0 Å². The van der Waals surface area contributed by atoms with Crippen LogP contribution in [0.5, 0.6) is 5.75 Å². The molecule has 124 valence electrons. The molecular weight excluding hydrogens is 324 g/mol. The predicted octanol–water partition coefficient (Wildman–Crippen LogP) is 4.28. The lowest BCUT2D eigenvalue weighted by atomic mass is 10.3. The van der Waals surface area contributed by atoms with Crippen molar-refractivity contribution in [3.8, 4) is 5.75 Å². The first-order valence-corrected chi connectivity index (χ1v) is 7.90. The Labute approximate surface area is 145 Å². The molecule has 0 aliphatic rings. The minimum Gasteiger partial charge on any atom is -0.497 e. The van der Waals surface area contributed by atoms with E-state index >= 15 is 0 Å². The molecular formula is C18H18N2O3S. The van der Waals surface area contributed by atoms with Crippen molar-refractivity contribution < 1.29 is 13.6 Å². The zero-order chi connectivity index (χ0) is 16.8. The third-order valence-corrected chi connectivity index (χ3v) is 3.84. The molecule has 5 nitrogen and oxygen atoms in total. The number of ether oxygens (including phenoxy) is 1. The highest BCUT2D eigenvalue weighted by Crippen LogP contribution is 2.17. The molecule has 24 heavy (non-hydrogen) atoms. The number of nitrogens with zero attached hydrogens (tertiary/aromatic N) is 1. The third kappa shape index (κ3) is 4.17. The highest BCUT2D eigenvalue weighted by atomic mass is 32.1. The Kier molecular flexibility index (Phi) is 5.18. The first-order valence-electron chi connectivity index (χ1n) is 7.49. The molecule has 1 N–H and O–H groups in total. The maximum absolute atomic E-state index is 5.57. The summed E-state index contributed by atoms with van der Waals surface area (Å²) in [7, 11) is 1.64. The maximum Gasteiger partial charge on any atom is 0.174 e. The molecule has 0 bridgehead atoms. The average molecular weight is 342 g/mol. The van der Waals surface area contributed by atoms with Crippen LogP contribution in [-0.2, 0) is 13.1 Å². The fourth-order valence-electron chi connectivity index (χ4n) is 2.26. The van der Waals surface area contributed by atoms with E-state index in [-0.39, 0.29) is 0 Å². The van der Waals surface area contributed by atoms with Gasteiger partial charge in [0.25, 0.3) is 0 Å². The number of hydrogen-bond donors (Lipinski definition) is 1. The van der Waals surface area contributed by atoms with Crippen molar-refractivity contribution in [2.45, 2.75) is 13.1 Å². The second kappa shape index (κ2) is 7.70. The molecule has 0 spiro atoms. The van der Waals surface area contributed by atoms with E-state index in [1.807, 2.05) is 53.4 Å². The Morgan fingerprint density at radius 1 is 1.00 bits per heavy atom. The van der Waals surface area contributed by atoms with Crippen LogP contribution in [0.4, 0.5) is 5.69 Å². The van der Waals surface area contributed by atoms with Crippen LogP contribution in [0.2, 0.25) is 0 Å². The molecule has 0 fully saturated rings. The van der Waals surface area contributed by atoms with E-state index in [4.69, 9.17) is 25.8 Å². The molecule has 6 heteroatoms. The Morgan fingerprint density at radius 3 is 2.04 bits per heavy atom. The van der Waals surface area contributed by atoms with Gasteiger partial charge in [0.2, 0.25) is 0 Å². The number of rotatable bonds is 6. The summed E-state index contributed by atoms with van der Waals surface area (Å²) in [5.74, 6) is 2.47. The van der Waals surface area contributed by atoms with E-state index in [1.54, 1.807) is 19.6 Å². The molecule has 3 rings (SSSR count). The van der Waals surface area contributed by atoms with Crippen LogP contribution >= 0.6 is 12.2 Å². The van der Waals surface area contributed by atoms with Gasteiger partial charge in [-0.2, -0.15) is 0 Å². The zero-order valence-corrected chi connectivity index (χ0v) is 14.1. The molecule has 2 heterocycles. The average Bonchev–Trinajstić information content (AvgIpc) is 3.29. The fraction of sp³-hybridized carbons (Fsp3) is 0.167. The van der Waals surface area contributed by atoms with Crippen LogP contribution in [0.1, 0.15) is 11.5 Å². The fourth-order valence-corrected chi connectivity index (χ4v) is 2.50. The van der Waals surface area contributed by atoms with E-state index < -0.39 is 0 Å². The van der Waals surface area contributed by atoms with Crippen molar-refractivity contribution in [3.63, 3.8) is 0 Å². The molecule has 0 amide bonds. The van der Waals surface area contributed by atoms with Crippen LogP contribution in [0.3, 0.4) is 0 Å². The monoisotopic (exact) mass is 342 g/mol. The normalized spacial score (nSPS) is 10.4. The Hall–Kier alpha value is -2.73. The second-order valence-electron chi connectivity index (χ2n) is 5.17. The summed E-state index contributed by atoms with van der Waals surface area (Å²) in [6, 6.07) is 15.2. The third-order valence-electron chi connectivity index (χ3n) is 3.48. The van der Waals surface area contributed by atoms with Gasteiger partial charge in [-0.25, -0.2) is 0 Å². The summed E-state index contributed by atoms with van der Waals surface area (Å²) >= 11 is 5.57. The van der Waals surface area contributed by atoms with Crippen molar-refractivity contribution in [2.24, 2.45) is 0 Å². The SMILES string of the molecule is COc1ccc(NC(=S)N(Cc2ccco2)Cc2ccco2)cc1. The van der Waals surface area contributed by atoms with Gasteiger partial charge in [-0.05, 0) is 60.7 Å². The van der Waals surface area contributed by atoms with Gasteiger partial charge >= 0.3 is 0 Å². The quantitative estimate of drug-likeness (QED) is 0.675. The van der Waals surface area contributed by atoms with Crippen LogP contribution in [-0.4, -0.2) is 17.1 Å². The van der Waals surface area contributed by atoms with Gasteiger partial charge in [0.05, 0.1) is 32.7 Å². The van der Waals surface area contributed by atoms with Crippen LogP contribution < -0.4 is 10.1 Å². The van der Waals surface area contributed by atoms with Gasteiger partial charge in [0.15, 0.2) is 5.11 Å². The first-order chi connectivity index (χ1) is 11.7. The van der Waals surface area contributed by atoms with Gasteiger partial charge in [-0.15, -0.1) is 0 Å². The molecule has 0 saturated heterocycles. The number of furan rings is 2. The number of hydrogen-bond acceptors (Lipinski definition) is 4. The van der Waals surface area contributed by atoms with Crippen molar-refractivity contribution in [1.29, 1.82) is 0 Å². The van der Waals surface area contributed by atoms with Gasteiger partial charge in [-0.1, -0.05) is 0 Å². The molecule has 0 unspecified atom stereocenters. The minimum atomic E-state index is 0.551. The number of anilines is 1. The summed E-state index contributed by atoms with van der Waals surface area (Å²) in [6.45, 7) is 1.10. The van der Waals surface area contributed by atoms with Crippen LogP contribution in [0, 0.1) is 0 Å². The van der Waals surface area contributed by atoms with Crippen molar-refractivity contribution in [1.82, 2.24) is 4.90 Å². The lowest BCUT2D eigenvalue weighted by Crippen LogP contribution is -2.33. The van der Waals surface area contributed by atoms with Gasteiger partial charge < -0.3 is 23.8 Å². The first kappa shape index (κ1) is 16.1. The summed E-state index contributed by atoms with van der Waals surface area (Å²) in [6.07, 6.45) is 3.31. The van der Waals surface area contributed by atoms with E-state index in [0.29, 0.717) is 18.2 Å². The van der Waals surface area contributed by atoms with Crippen molar-refractivity contribution in [3.05, 3.63) is 72.6 Å². The molecule has 0 saturated carbocycles. The molecule has 2 aromatic heterocycles. The van der Waals surface area contributed by atoms with Crippen LogP contribution in [0.15, 0.2) is 69.9 Å².